The number of rotatable bonds is 4. The summed E-state index contributed by atoms with van der Waals surface area (Å²) < 4.78 is 75.4. The minimum atomic E-state index is -4.68. The third-order valence-corrected chi connectivity index (χ3v) is 8.26. The number of aromatic amines is 1. The van der Waals surface area contributed by atoms with E-state index in [9.17, 15) is 26.4 Å². The molecule has 0 spiro atoms. The van der Waals surface area contributed by atoms with Crippen molar-refractivity contribution in [2.45, 2.75) is 38.0 Å². The number of nitrogens with zero attached hydrogens (tertiary/aromatic N) is 4. The van der Waals surface area contributed by atoms with Crippen LogP contribution >= 0.6 is 0 Å². The predicted octanol–water partition coefficient (Wildman–Crippen LogP) is 0.994. The van der Waals surface area contributed by atoms with Crippen molar-refractivity contribution in [2.75, 3.05) is 62.3 Å². The molecule has 1 unspecified atom stereocenters. The molecule has 0 amide bonds. The molecule has 1 aromatic heterocycles. The van der Waals surface area contributed by atoms with Gasteiger partial charge in [0.2, 0.25) is 0 Å². The molecule has 13 heteroatoms. The second-order valence-electron chi connectivity index (χ2n) is 8.43. The first-order chi connectivity index (χ1) is 15.1. The van der Waals surface area contributed by atoms with Crippen LogP contribution in [-0.2, 0) is 14.9 Å². The second-order valence-corrected chi connectivity index (χ2v) is 10.4. The van der Waals surface area contributed by atoms with E-state index in [1.54, 1.807) is 0 Å². The molecule has 3 fully saturated rings. The van der Waals surface area contributed by atoms with E-state index in [0.717, 1.165) is 9.21 Å². The largest absolute Gasteiger partial charge is 0.410 e. The molecule has 3 saturated heterocycles. The van der Waals surface area contributed by atoms with Crippen LogP contribution in [0.1, 0.15) is 19.8 Å². The number of H-pyrrole nitrogens is 1. The van der Waals surface area contributed by atoms with Gasteiger partial charge >= 0.3 is 6.18 Å². The van der Waals surface area contributed by atoms with E-state index >= 15 is 0 Å². The topological polar surface area (TPSA) is 89.2 Å². The van der Waals surface area contributed by atoms with Gasteiger partial charge in [0.1, 0.15) is 11.9 Å². The van der Waals surface area contributed by atoms with Crippen LogP contribution in [0.5, 0.6) is 0 Å². The fourth-order valence-electron chi connectivity index (χ4n) is 4.56. The van der Waals surface area contributed by atoms with Gasteiger partial charge in [0.05, 0.1) is 13.2 Å². The van der Waals surface area contributed by atoms with Crippen molar-refractivity contribution in [1.29, 1.82) is 0 Å². The van der Waals surface area contributed by atoms with Crippen LogP contribution in [0.3, 0.4) is 0 Å². The van der Waals surface area contributed by atoms with Crippen molar-refractivity contribution in [3.63, 3.8) is 0 Å². The highest BCUT2D eigenvalue weighted by atomic mass is 32.2. The normalized spacial score (nSPS) is 26.6. The third-order valence-electron chi connectivity index (χ3n) is 6.26. The zero-order valence-corrected chi connectivity index (χ0v) is 18.7. The number of aromatic nitrogens is 1. The molecule has 4 rings (SSSR count). The molecule has 32 heavy (non-hydrogen) atoms. The number of piperazine rings is 1. The van der Waals surface area contributed by atoms with Gasteiger partial charge in [-0.25, -0.2) is 0 Å². The van der Waals surface area contributed by atoms with Gasteiger partial charge < -0.3 is 19.5 Å². The molecular formula is C19H28F3N5O4S. The molecule has 0 saturated carbocycles. The van der Waals surface area contributed by atoms with Gasteiger partial charge in [0, 0.05) is 63.1 Å². The molecule has 0 bridgehead atoms. The molecule has 0 aromatic carbocycles. The number of ether oxygens (including phenoxy) is 1. The Morgan fingerprint density at radius 3 is 2.41 bits per heavy atom. The fraction of sp³-hybridized carbons (Fsp3) is 0.737. The van der Waals surface area contributed by atoms with E-state index in [1.165, 1.54) is 16.4 Å². The lowest BCUT2D eigenvalue weighted by molar-refractivity contribution is -0.153. The number of anilines is 2. The summed E-state index contributed by atoms with van der Waals surface area (Å²) in [5.41, 5.74) is 0.0110. The van der Waals surface area contributed by atoms with Crippen LogP contribution < -0.4 is 15.4 Å². The Labute approximate surface area is 184 Å². The highest BCUT2D eigenvalue weighted by Gasteiger charge is 2.50. The number of alkyl halides is 3. The Hall–Kier alpha value is -1.83. The van der Waals surface area contributed by atoms with Crippen LogP contribution in [0.25, 0.3) is 0 Å². The van der Waals surface area contributed by atoms with Crippen LogP contribution in [0.4, 0.5) is 24.7 Å². The second kappa shape index (κ2) is 8.84. The lowest BCUT2D eigenvalue weighted by Gasteiger charge is -2.43. The zero-order chi connectivity index (χ0) is 23.1. The van der Waals surface area contributed by atoms with Crippen molar-refractivity contribution in [3.8, 4) is 0 Å². The minimum Gasteiger partial charge on any atom is -0.377 e. The molecule has 180 valence electrons. The molecule has 0 radical (unpaired) electrons. The number of nitrogens with one attached hydrogen (secondary N) is 1. The van der Waals surface area contributed by atoms with Gasteiger partial charge in [-0.05, 0) is 19.8 Å². The quantitative estimate of drug-likeness (QED) is 0.693. The van der Waals surface area contributed by atoms with Gasteiger partial charge in [-0.3, -0.25) is 4.79 Å². The average molecular weight is 480 g/mol. The maximum atomic E-state index is 14.0. The summed E-state index contributed by atoms with van der Waals surface area (Å²) in [5.74, 6) is 0.0340. The summed E-state index contributed by atoms with van der Waals surface area (Å²) in [4.78, 5) is 17.8. The Balaban J connectivity index is 1.62. The van der Waals surface area contributed by atoms with Crippen molar-refractivity contribution in [1.82, 2.24) is 13.6 Å². The first-order valence-electron chi connectivity index (χ1n) is 10.7. The van der Waals surface area contributed by atoms with E-state index in [2.05, 4.69) is 4.98 Å². The lowest BCUT2D eigenvalue weighted by atomic mass is 10.1. The van der Waals surface area contributed by atoms with Gasteiger partial charge in [-0.2, -0.15) is 30.2 Å². The average Bonchev–Trinajstić information content (AvgIpc) is 3.28. The maximum Gasteiger partial charge on any atom is 0.410 e. The van der Waals surface area contributed by atoms with E-state index in [1.807, 2.05) is 11.8 Å². The molecule has 1 N–H and O–H groups in total. The Bertz CT molecular complexity index is 980. The van der Waals surface area contributed by atoms with Gasteiger partial charge in [-0.1, -0.05) is 0 Å². The van der Waals surface area contributed by atoms with Crippen LogP contribution in [0.15, 0.2) is 16.9 Å². The van der Waals surface area contributed by atoms with E-state index in [0.29, 0.717) is 51.4 Å². The molecule has 9 nitrogen and oxygen atoms in total. The standard InChI is InChI=1S/C19H28F3N5O4S/c1-14-13-31-9-8-26(14)15-10-17(23-18(28)11-15)27-7-6-25(12-16(27)19(20,21)22)32(29,30)24-4-2-3-5-24/h10-11,14,16H,2-9,12-13H2,1H3,(H,23,28)/t14?,16-/m0/s1. The van der Waals surface area contributed by atoms with Crippen LogP contribution in [-0.4, -0.2) is 92.8 Å². The summed E-state index contributed by atoms with van der Waals surface area (Å²) in [5, 5.41) is 0. The van der Waals surface area contributed by atoms with E-state index in [4.69, 9.17) is 4.74 Å². The minimum absolute atomic E-state index is 0.0285. The fourth-order valence-corrected chi connectivity index (χ4v) is 6.25. The van der Waals surface area contributed by atoms with E-state index in [-0.39, 0.29) is 24.9 Å². The first kappa shape index (κ1) is 23.3. The molecule has 3 aliphatic rings. The number of morpholine rings is 1. The van der Waals surface area contributed by atoms with Crippen molar-refractivity contribution in [2.24, 2.45) is 0 Å². The Kier molecular flexibility index (Phi) is 6.45. The molecular weight excluding hydrogens is 451 g/mol. The molecule has 2 atom stereocenters. The monoisotopic (exact) mass is 479 g/mol. The molecule has 3 aliphatic heterocycles. The zero-order valence-electron chi connectivity index (χ0n) is 17.8. The van der Waals surface area contributed by atoms with Crippen molar-refractivity contribution in [3.05, 3.63) is 22.5 Å². The van der Waals surface area contributed by atoms with Gasteiger partial charge in [0.25, 0.3) is 15.8 Å². The summed E-state index contributed by atoms with van der Waals surface area (Å²) in [6.45, 7) is 3.02. The number of hydrogen-bond donors (Lipinski definition) is 1. The first-order valence-corrected chi connectivity index (χ1v) is 12.1. The highest BCUT2D eigenvalue weighted by Crippen LogP contribution is 2.33. The maximum absolute atomic E-state index is 14.0. The number of pyridine rings is 1. The lowest BCUT2D eigenvalue weighted by Crippen LogP contribution is -2.62. The third kappa shape index (κ3) is 4.61. The van der Waals surface area contributed by atoms with E-state index < -0.39 is 34.5 Å². The van der Waals surface area contributed by atoms with Crippen molar-refractivity contribution >= 4 is 21.7 Å². The summed E-state index contributed by atoms with van der Waals surface area (Å²) >= 11 is 0. The van der Waals surface area contributed by atoms with Crippen LogP contribution in [0.2, 0.25) is 0 Å². The number of hydrogen-bond acceptors (Lipinski definition) is 6. The molecule has 1 aromatic rings. The Morgan fingerprint density at radius 1 is 1.03 bits per heavy atom. The molecule has 0 aliphatic carbocycles. The van der Waals surface area contributed by atoms with Gasteiger partial charge in [-0.15, -0.1) is 0 Å². The summed E-state index contributed by atoms with van der Waals surface area (Å²) in [6.07, 6.45) is -3.27. The van der Waals surface area contributed by atoms with Gasteiger partial charge in [0.15, 0.2) is 0 Å². The smallest absolute Gasteiger partial charge is 0.377 e. The summed E-state index contributed by atoms with van der Waals surface area (Å²) in [6, 6.07) is 0.801. The summed E-state index contributed by atoms with van der Waals surface area (Å²) in [7, 11) is -3.96. The number of halogens is 3. The van der Waals surface area contributed by atoms with Crippen LogP contribution in [0, 0.1) is 0 Å². The molecule has 4 heterocycles. The predicted molar refractivity (Wildman–Crippen MR) is 113 cm³/mol. The SMILES string of the molecule is CC1COCCN1c1cc(N2CCN(S(=O)(=O)N3CCCC3)C[C@H]2C(F)(F)F)[nH]c(=O)c1. The van der Waals surface area contributed by atoms with Crippen molar-refractivity contribution < 1.29 is 26.3 Å². The highest BCUT2D eigenvalue weighted by molar-refractivity contribution is 7.86. The Morgan fingerprint density at radius 2 is 1.75 bits per heavy atom.